The van der Waals surface area contributed by atoms with Crippen molar-refractivity contribution in [2.75, 3.05) is 124 Å². The molecule has 0 unspecified atom stereocenters. The van der Waals surface area contributed by atoms with Crippen molar-refractivity contribution in [1.29, 1.82) is 0 Å². The van der Waals surface area contributed by atoms with Gasteiger partial charge in [-0.1, -0.05) is 47.9 Å². The van der Waals surface area contributed by atoms with E-state index < -0.39 is 11.9 Å². The first kappa shape index (κ1) is 65.5. The van der Waals surface area contributed by atoms with Crippen LogP contribution < -0.4 is 33.6 Å². The first-order valence-electron chi connectivity index (χ1n) is 20.1. The van der Waals surface area contributed by atoms with Gasteiger partial charge in [-0.2, -0.15) is 0 Å². The van der Waals surface area contributed by atoms with Gasteiger partial charge >= 0.3 is 11.9 Å². The molecule has 1 amide bonds. The standard InChI is InChI=1S/C11H17NO2S2.C10H14O4.C8H19N3.C4H12N2O.C4H11NO.C3H9NO/c1-3-10(13)6-5-8-15-16-9-7-12-11(14)4-2;1-3-9(11)13-7-5-6-8-14-10(12)4-2;1-10-5-7-11(8-6-10)4-2-3-9;5-2-1-3-6-4-7;5-3-1-2-4-6;4-2-1-3-5/h3-4H,1-2,5-9H2,(H,12,14);3-4H,1-2,5-8H2;2-9H2,1H3;6-7H,1-5H2;6H,1-5H2;5H,1-4H2. The molecule has 1 rings (SSSR count). The lowest BCUT2D eigenvalue weighted by atomic mass is 10.2. The van der Waals surface area contributed by atoms with Gasteiger partial charge in [-0.25, -0.2) is 9.59 Å². The molecule has 59 heavy (non-hydrogen) atoms. The van der Waals surface area contributed by atoms with Gasteiger partial charge in [-0.15, -0.1) is 0 Å². The SMILES string of the molecule is C=CC(=O)CCCSSCCNC(=O)C=C.C=CC(=O)OCCCCOC(=O)C=C.CN1CCN(CCCN)CC1.NCCCCO.NCCCNCO.NCCCO. The summed E-state index contributed by atoms with van der Waals surface area (Å²) in [5.41, 5.74) is 20.7. The molecular formula is C40H82N8O9S2. The Morgan fingerprint density at radius 2 is 1.17 bits per heavy atom. The number of ketones is 1. The van der Waals surface area contributed by atoms with Crippen molar-refractivity contribution >= 4 is 45.2 Å². The molecule has 1 aliphatic heterocycles. The summed E-state index contributed by atoms with van der Waals surface area (Å²) < 4.78 is 9.41. The number of hydrogen-bond donors (Lipinski definition) is 9. The maximum absolute atomic E-state index is 10.9. The van der Waals surface area contributed by atoms with Gasteiger partial charge in [-0.3, -0.25) is 14.9 Å². The van der Waals surface area contributed by atoms with Crippen molar-refractivity contribution in [3.8, 4) is 0 Å². The van der Waals surface area contributed by atoms with Gasteiger partial charge in [0.25, 0.3) is 0 Å². The number of carbonyl (C=O) groups is 4. The van der Waals surface area contributed by atoms with E-state index in [1.165, 1.54) is 44.9 Å². The molecule has 0 aliphatic carbocycles. The summed E-state index contributed by atoms with van der Waals surface area (Å²) in [5.74, 6) is 0.895. The molecule has 1 saturated heterocycles. The zero-order chi connectivity index (χ0) is 45.6. The number of carbonyl (C=O) groups excluding carboxylic acids is 4. The summed E-state index contributed by atoms with van der Waals surface area (Å²) in [6, 6.07) is 0. The van der Waals surface area contributed by atoms with Gasteiger partial charge in [-0.05, 0) is 110 Å². The highest BCUT2D eigenvalue weighted by Gasteiger charge is 2.12. The number of nitrogens with two attached hydrogens (primary N) is 4. The first-order chi connectivity index (χ1) is 28.5. The molecule has 0 aromatic carbocycles. The Hall–Kier alpha value is -2.66. The molecule has 348 valence electrons. The van der Waals surface area contributed by atoms with Crippen molar-refractivity contribution in [2.45, 2.75) is 57.8 Å². The molecule has 19 heteroatoms. The fourth-order valence-electron chi connectivity index (χ4n) is 3.52. The number of nitrogens with zero attached hydrogens (tertiary/aromatic N) is 2. The molecule has 0 spiro atoms. The van der Waals surface area contributed by atoms with Gasteiger partial charge < -0.3 is 62.8 Å². The van der Waals surface area contributed by atoms with Crippen molar-refractivity contribution in [2.24, 2.45) is 22.9 Å². The van der Waals surface area contributed by atoms with Crippen LogP contribution in [0.15, 0.2) is 50.6 Å². The third-order valence-corrected chi connectivity index (χ3v) is 9.40. The van der Waals surface area contributed by atoms with Crippen LogP contribution in [0.2, 0.25) is 0 Å². The highest BCUT2D eigenvalue weighted by Crippen LogP contribution is 2.21. The van der Waals surface area contributed by atoms with E-state index in [9.17, 15) is 19.2 Å². The molecule has 13 N–H and O–H groups in total. The summed E-state index contributed by atoms with van der Waals surface area (Å²) >= 11 is 0. The second-order valence-electron chi connectivity index (χ2n) is 12.0. The number of allylic oxidation sites excluding steroid dienone is 1. The van der Waals surface area contributed by atoms with E-state index >= 15 is 0 Å². The number of esters is 2. The predicted molar refractivity (Wildman–Crippen MR) is 247 cm³/mol. The van der Waals surface area contributed by atoms with Crippen LogP contribution in [-0.4, -0.2) is 172 Å². The van der Waals surface area contributed by atoms with Crippen molar-refractivity contribution < 1.29 is 44.0 Å². The number of unbranched alkanes of at least 4 members (excludes halogenated alkanes) is 2. The van der Waals surface area contributed by atoms with Crippen LogP contribution >= 0.6 is 21.6 Å². The van der Waals surface area contributed by atoms with E-state index in [2.05, 4.69) is 53.8 Å². The monoisotopic (exact) mass is 883 g/mol. The number of amides is 1. The highest BCUT2D eigenvalue weighted by atomic mass is 33.1. The Bertz CT molecular complexity index is 919. The lowest BCUT2D eigenvalue weighted by Crippen LogP contribution is -2.44. The Morgan fingerprint density at radius 3 is 1.58 bits per heavy atom. The number of rotatable bonds is 29. The molecule has 1 fully saturated rings. The molecule has 0 saturated carbocycles. The quantitative estimate of drug-likeness (QED) is 0.0166. The smallest absolute Gasteiger partial charge is 0.330 e. The minimum absolute atomic E-state index is 0.0556. The summed E-state index contributed by atoms with van der Waals surface area (Å²) in [7, 11) is 5.59. The summed E-state index contributed by atoms with van der Waals surface area (Å²) in [6.45, 7) is 24.8. The van der Waals surface area contributed by atoms with E-state index in [1.807, 2.05) is 0 Å². The minimum atomic E-state index is -0.437. The number of piperazine rings is 1. The largest absolute Gasteiger partial charge is 0.463 e. The number of ether oxygens (including phenoxy) is 2. The number of likely N-dealkylation sites (N-methyl/N-ethyl adjacent to an activating group) is 1. The summed E-state index contributed by atoms with van der Waals surface area (Å²) in [4.78, 5) is 47.6. The molecule has 0 atom stereocenters. The fourth-order valence-corrected chi connectivity index (χ4v) is 5.51. The molecule has 0 radical (unpaired) electrons. The van der Waals surface area contributed by atoms with Crippen LogP contribution in [0.3, 0.4) is 0 Å². The van der Waals surface area contributed by atoms with Crippen LogP contribution in [0.25, 0.3) is 0 Å². The predicted octanol–water partition coefficient (Wildman–Crippen LogP) is 0.933. The summed E-state index contributed by atoms with van der Waals surface area (Å²) in [6.07, 6.45) is 12.2. The van der Waals surface area contributed by atoms with Crippen molar-refractivity contribution in [1.82, 2.24) is 20.4 Å². The molecule has 0 aromatic heterocycles. The maximum Gasteiger partial charge on any atom is 0.330 e. The van der Waals surface area contributed by atoms with Gasteiger partial charge in [0.05, 0.1) is 19.9 Å². The van der Waals surface area contributed by atoms with E-state index in [-0.39, 0.29) is 31.6 Å². The fraction of sp³-hybridized carbons (Fsp3) is 0.700. The molecule has 1 heterocycles. The topological polar surface area (TPSA) is 282 Å². The van der Waals surface area contributed by atoms with Gasteiger partial charge in [0.1, 0.15) is 0 Å². The Kier molecular flexibility index (Phi) is 66.2. The van der Waals surface area contributed by atoms with E-state index in [0.717, 1.165) is 75.3 Å². The third-order valence-electron chi connectivity index (χ3n) is 6.91. The van der Waals surface area contributed by atoms with Crippen LogP contribution in [0.1, 0.15) is 57.8 Å². The Balaban J connectivity index is -0.000000207. The lowest BCUT2D eigenvalue weighted by molar-refractivity contribution is -0.140. The van der Waals surface area contributed by atoms with Crippen LogP contribution in [-0.2, 0) is 28.7 Å². The van der Waals surface area contributed by atoms with Gasteiger partial charge in [0.15, 0.2) is 5.78 Å². The number of hydrogen-bond acceptors (Lipinski definition) is 18. The maximum atomic E-state index is 10.9. The number of aliphatic hydroxyl groups is 3. The average molecular weight is 883 g/mol. The molecule has 17 nitrogen and oxygen atoms in total. The van der Waals surface area contributed by atoms with Crippen LogP contribution in [0.5, 0.6) is 0 Å². The van der Waals surface area contributed by atoms with Crippen LogP contribution in [0, 0.1) is 0 Å². The summed E-state index contributed by atoms with van der Waals surface area (Å²) in [5, 5.41) is 29.7. The second-order valence-corrected chi connectivity index (χ2v) is 14.7. The van der Waals surface area contributed by atoms with E-state index in [0.29, 0.717) is 58.7 Å². The van der Waals surface area contributed by atoms with Gasteiger partial charge in [0.2, 0.25) is 5.91 Å². The van der Waals surface area contributed by atoms with Crippen molar-refractivity contribution in [3.63, 3.8) is 0 Å². The first-order valence-corrected chi connectivity index (χ1v) is 22.6. The normalized spacial score (nSPS) is 11.6. The highest BCUT2D eigenvalue weighted by molar-refractivity contribution is 8.76. The number of aliphatic hydroxyl groups excluding tert-OH is 3. The molecular weight excluding hydrogens is 801 g/mol. The van der Waals surface area contributed by atoms with Gasteiger partial charge in [0, 0.05) is 76.0 Å². The van der Waals surface area contributed by atoms with E-state index in [4.69, 9.17) is 47.7 Å². The lowest BCUT2D eigenvalue weighted by Gasteiger charge is -2.32. The van der Waals surface area contributed by atoms with E-state index in [1.54, 1.807) is 21.6 Å². The third kappa shape index (κ3) is 67.4. The Labute approximate surface area is 363 Å². The number of nitrogens with one attached hydrogen (secondary N) is 2. The molecule has 0 aromatic rings. The molecule has 0 bridgehead atoms. The van der Waals surface area contributed by atoms with Crippen molar-refractivity contribution in [3.05, 3.63) is 50.6 Å². The van der Waals surface area contributed by atoms with Crippen LogP contribution in [0.4, 0.5) is 0 Å². The average Bonchev–Trinajstić information content (AvgIpc) is 3.25. The minimum Gasteiger partial charge on any atom is -0.463 e. The zero-order valence-electron chi connectivity index (χ0n) is 36.0. The zero-order valence-corrected chi connectivity index (χ0v) is 37.7. The Morgan fingerprint density at radius 1 is 0.644 bits per heavy atom. The molecule has 1 aliphatic rings. The second kappa shape index (κ2) is 59.7.